The lowest BCUT2D eigenvalue weighted by molar-refractivity contribution is -0.137. The topological polar surface area (TPSA) is 23.6 Å². The van der Waals surface area contributed by atoms with Crippen LogP contribution in [0.1, 0.15) is 45.2 Å². The molecule has 0 saturated carbocycles. The summed E-state index contributed by atoms with van der Waals surface area (Å²) < 4.78 is 40.6. The molecule has 1 saturated heterocycles. The number of nitrogens with zero attached hydrogens (tertiary/aromatic N) is 2. The van der Waals surface area contributed by atoms with Crippen LogP contribution in [0.4, 0.5) is 18.9 Å². The molecule has 0 atom stereocenters. The fraction of sp³-hybridized carbons (Fsp3) is 0.611. The first-order valence-corrected chi connectivity index (χ1v) is 8.28. The van der Waals surface area contributed by atoms with Gasteiger partial charge in [0.15, 0.2) is 0 Å². The standard InChI is InChI=1S/C18H25F3N2O/c1-5-16(24)23-10-8-22(9-11-23)15-7-6-13(17(2,3)4)12-14(15)18(19,20)21/h6-7,12H,5,8-11H2,1-4H3. The number of carbonyl (C=O) groups is 1. The van der Waals surface area contributed by atoms with E-state index in [2.05, 4.69) is 0 Å². The van der Waals surface area contributed by atoms with E-state index in [-0.39, 0.29) is 17.0 Å². The van der Waals surface area contributed by atoms with Crippen molar-refractivity contribution >= 4 is 11.6 Å². The van der Waals surface area contributed by atoms with Crippen LogP contribution in [0.3, 0.4) is 0 Å². The van der Waals surface area contributed by atoms with Gasteiger partial charge in [-0.1, -0.05) is 33.8 Å². The molecule has 0 radical (unpaired) electrons. The van der Waals surface area contributed by atoms with Gasteiger partial charge in [-0.05, 0) is 23.1 Å². The van der Waals surface area contributed by atoms with Crippen molar-refractivity contribution in [2.24, 2.45) is 0 Å². The minimum Gasteiger partial charge on any atom is -0.367 e. The quantitative estimate of drug-likeness (QED) is 0.809. The summed E-state index contributed by atoms with van der Waals surface area (Å²) in [5, 5.41) is 0. The molecule has 0 aromatic heterocycles. The molecule has 1 fully saturated rings. The van der Waals surface area contributed by atoms with Crippen molar-refractivity contribution in [1.29, 1.82) is 0 Å². The Morgan fingerprint density at radius 2 is 1.67 bits per heavy atom. The fourth-order valence-electron chi connectivity index (χ4n) is 2.93. The van der Waals surface area contributed by atoms with E-state index >= 15 is 0 Å². The van der Waals surface area contributed by atoms with Gasteiger partial charge in [-0.15, -0.1) is 0 Å². The highest BCUT2D eigenvalue weighted by atomic mass is 19.4. The van der Waals surface area contributed by atoms with Crippen LogP contribution in [-0.4, -0.2) is 37.0 Å². The van der Waals surface area contributed by atoms with Crippen LogP contribution in [0.2, 0.25) is 0 Å². The SMILES string of the molecule is CCC(=O)N1CCN(c2ccc(C(C)(C)C)cc2C(F)(F)F)CC1. The van der Waals surface area contributed by atoms with Crippen molar-refractivity contribution in [2.75, 3.05) is 31.1 Å². The lowest BCUT2D eigenvalue weighted by atomic mass is 9.85. The Labute approximate surface area is 141 Å². The van der Waals surface area contributed by atoms with E-state index in [0.29, 0.717) is 38.2 Å². The third-order valence-corrected chi connectivity index (χ3v) is 4.44. The maximum absolute atomic E-state index is 13.5. The summed E-state index contributed by atoms with van der Waals surface area (Å²) >= 11 is 0. The van der Waals surface area contributed by atoms with Gasteiger partial charge >= 0.3 is 6.18 Å². The Morgan fingerprint density at radius 3 is 2.12 bits per heavy atom. The Hall–Kier alpha value is -1.72. The van der Waals surface area contributed by atoms with Crippen LogP contribution < -0.4 is 4.90 Å². The van der Waals surface area contributed by atoms with Gasteiger partial charge in [0.1, 0.15) is 0 Å². The van der Waals surface area contributed by atoms with E-state index in [9.17, 15) is 18.0 Å². The number of anilines is 1. The molecule has 1 heterocycles. The second-order valence-corrected chi connectivity index (χ2v) is 7.20. The third kappa shape index (κ3) is 4.02. The lowest BCUT2D eigenvalue weighted by Gasteiger charge is -2.37. The van der Waals surface area contributed by atoms with E-state index in [1.165, 1.54) is 6.07 Å². The van der Waals surface area contributed by atoms with Crippen LogP contribution in [0.15, 0.2) is 18.2 Å². The smallest absolute Gasteiger partial charge is 0.367 e. The number of hydrogen-bond acceptors (Lipinski definition) is 2. The van der Waals surface area contributed by atoms with E-state index in [1.807, 2.05) is 20.8 Å². The maximum Gasteiger partial charge on any atom is 0.418 e. The first kappa shape index (κ1) is 18.6. The van der Waals surface area contributed by atoms with E-state index < -0.39 is 11.7 Å². The van der Waals surface area contributed by atoms with Crippen molar-refractivity contribution in [1.82, 2.24) is 4.90 Å². The fourth-order valence-corrected chi connectivity index (χ4v) is 2.93. The largest absolute Gasteiger partial charge is 0.418 e. The zero-order valence-electron chi connectivity index (χ0n) is 14.7. The highest BCUT2D eigenvalue weighted by Crippen LogP contribution is 2.39. The summed E-state index contributed by atoms with van der Waals surface area (Å²) in [4.78, 5) is 15.2. The molecule has 2 rings (SSSR count). The molecule has 0 spiro atoms. The number of hydrogen-bond donors (Lipinski definition) is 0. The van der Waals surface area contributed by atoms with Gasteiger partial charge < -0.3 is 9.80 Å². The van der Waals surface area contributed by atoms with E-state index in [4.69, 9.17) is 0 Å². The summed E-state index contributed by atoms with van der Waals surface area (Å²) in [5.74, 6) is 0.0498. The van der Waals surface area contributed by atoms with Gasteiger partial charge in [-0.2, -0.15) is 13.2 Å². The van der Waals surface area contributed by atoms with Gasteiger partial charge in [0.05, 0.1) is 5.56 Å². The van der Waals surface area contributed by atoms with Gasteiger partial charge in [0.2, 0.25) is 5.91 Å². The average molecular weight is 342 g/mol. The van der Waals surface area contributed by atoms with Crippen LogP contribution in [0, 0.1) is 0 Å². The van der Waals surface area contributed by atoms with Crippen LogP contribution in [0.5, 0.6) is 0 Å². The second-order valence-electron chi connectivity index (χ2n) is 7.20. The molecule has 6 heteroatoms. The number of piperazine rings is 1. The molecule has 3 nitrogen and oxygen atoms in total. The van der Waals surface area contributed by atoms with Crippen LogP contribution in [-0.2, 0) is 16.4 Å². The summed E-state index contributed by atoms with van der Waals surface area (Å²) in [6, 6.07) is 4.60. The minimum atomic E-state index is -4.40. The second kappa shape index (κ2) is 6.65. The van der Waals surface area contributed by atoms with Crippen molar-refractivity contribution < 1.29 is 18.0 Å². The highest BCUT2D eigenvalue weighted by Gasteiger charge is 2.36. The normalized spacial score (nSPS) is 16.5. The van der Waals surface area contributed by atoms with Gasteiger partial charge in [0, 0.05) is 38.3 Å². The molecule has 24 heavy (non-hydrogen) atoms. The number of carbonyl (C=O) groups excluding carboxylic acids is 1. The van der Waals surface area contributed by atoms with Crippen molar-refractivity contribution in [2.45, 2.75) is 45.7 Å². The van der Waals surface area contributed by atoms with Gasteiger partial charge in [0.25, 0.3) is 0 Å². The van der Waals surface area contributed by atoms with Gasteiger partial charge in [-0.25, -0.2) is 0 Å². The summed E-state index contributed by atoms with van der Waals surface area (Å²) in [6.07, 6.45) is -3.97. The van der Waals surface area contributed by atoms with Crippen molar-refractivity contribution in [3.63, 3.8) is 0 Å². The Balaban J connectivity index is 2.29. The first-order chi connectivity index (χ1) is 11.0. The van der Waals surface area contributed by atoms with E-state index in [1.54, 1.807) is 28.9 Å². The summed E-state index contributed by atoms with van der Waals surface area (Å²) in [7, 11) is 0. The number of rotatable bonds is 2. The monoisotopic (exact) mass is 342 g/mol. The molecule has 1 amide bonds. The molecule has 0 unspecified atom stereocenters. The average Bonchev–Trinajstić information content (AvgIpc) is 2.52. The molecule has 1 aliphatic rings. The summed E-state index contributed by atoms with van der Waals surface area (Å²) in [6.45, 7) is 9.26. The van der Waals surface area contributed by atoms with Crippen molar-refractivity contribution in [3.8, 4) is 0 Å². The van der Waals surface area contributed by atoms with Crippen molar-refractivity contribution in [3.05, 3.63) is 29.3 Å². The molecule has 0 N–H and O–H groups in total. The van der Waals surface area contributed by atoms with Crippen LogP contribution in [0.25, 0.3) is 0 Å². The minimum absolute atomic E-state index is 0.0498. The molecular formula is C18H25F3N2O. The molecule has 0 aliphatic carbocycles. The number of alkyl halides is 3. The zero-order valence-corrected chi connectivity index (χ0v) is 14.7. The molecule has 1 aromatic carbocycles. The molecule has 1 aliphatic heterocycles. The Morgan fingerprint density at radius 1 is 1.08 bits per heavy atom. The molecule has 1 aromatic rings. The predicted octanol–water partition coefficient (Wildman–Crippen LogP) is 4.06. The number of amides is 1. The zero-order chi connectivity index (χ0) is 18.1. The predicted molar refractivity (Wildman–Crippen MR) is 89.2 cm³/mol. The molecule has 134 valence electrons. The first-order valence-electron chi connectivity index (χ1n) is 8.28. The Bertz CT molecular complexity index is 597. The van der Waals surface area contributed by atoms with Crippen LogP contribution >= 0.6 is 0 Å². The summed E-state index contributed by atoms with van der Waals surface area (Å²) in [5.41, 5.74) is -0.0622. The maximum atomic E-state index is 13.5. The van der Waals surface area contributed by atoms with Gasteiger partial charge in [-0.3, -0.25) is 4.79 Å². The Kier molecular flexibility index (Phi) is 5.16. The molecule has 0 bridgehead atoms. The lowest BCUT2D eigenvalue weighted by Crippen LogP contribution is -2.49. The highest BCUT2D eigenvalue weighted by molar-refractivity contribution is 5.76. The third-order valence-electron chi connectivity index (χ3n) is 4.44. The number of halogens is 3. The van der Waals surface area contributed by atoms with E-state index in [0.717, 1.165) is 0 Å². The molecular weight excluding hydrogens is 317 g/mol. The number of benzene rings is 1.